The number of nitrogens with zero attached hydrogens (tertiary/aromatic N) is 3. The predicted octanol–water partition coefficient (Wildman–Crippen LogP) is 3.12. The quantitative estimate of drug-likeness (QED) is 0.684. The number of anilines is 1. The van der Waals surface area contributed by atoms with Crippen molar-refractivity contribution in [3.63, 3.8) is 0 Å². The van der Waals surface area contributed by atoms with Gasteiger partial charge < -0.3 is 15.2 Å². The number of aryl methyl sites for hydroxylation is 1. The molecule has 2 N–H and O–H groups in total. The maximum Gasteiger partial charge on any atom is 0.343 e. The Kier molecular flexibility index (Phi) is 5.06. The zero-order valence-corrected chi connectivity index (χ0v) is 15.2. The Morgan fingerprint density at radius 1 is 1.27 bits per heavy atom. The molecular formula is C19H22N4O3. The first-order chi connectivity index (χ1) is 12.6. The number of nitrogen functional groups attached to an aromatic ring is 1. The van der Waals surface area contributed by atoms with E-state index < -0.39 is 5.97 Å². The van der Waals surface area contributed by atoms with Gasteiger partial charge in [0.2, 0.25) is 0 Å². The number of ether oxygens (including phenoxy) is 2. The molecule has 0 aliphatic heterocycles. The van der Waals surface area contributed by atoms with E-state index in [4.69, 9.17) is 15.2 Å². The highest BCUT2D eigenvalue weighted by molar-refractivity contribution is 5.95. The first-order valence-corrected chi connectivity index (χ1v) is 8.58. The fourth-order valence-electron chi connectivity index (χ4n) is 2.95. The Labute approximate surface area is 151 Å². The number of aromatic nitrogens is 3. The van der Waals surface area contributed by atoms with E-state index in [9.17, 15) is 4.79 Å². The third kappa shape index (κ3) is 2.96. The second-order valence-corrected chi connectivity index (χ2v) is 5.78. The fraction of sp³-hybridized carbons (Fsp3) is 0.316. The molecule has 0 aliphatic carbocycles. The molecule has 0 saturated carbocycles. The number of methoxy groups -OCH3 is 1. The third-order valence-electron chi connectivity index (χ3n) is 4.11. The monoisotopic (exact) mass is 354 g/mol. The van der Waals surface area contributed by atoms with Gasteiger partial charge in [0.05, 0.1) is 25.0 Å². The normalized spacial score (nSPS) is 10.9. The van der Waals surface area contributed by atoms with Crippen LogP contribution >= 0.6 is 0 Å². The summed E-state index contributed by atoms with van der Waals surface area (Å²) >= 11 is 0. The highest BCUT2D eigenvalue weighted by Gasteiger charge is 2.22. The van der Waals surface area contributed by atoms with Crippen molar-refractivity contribution in [2.45, 2.75) is 26.7 Å². The smallest absolute Gasteiger partial charge is 0.343 e. The number of carbonyl (C=O) groups excluding carboxylic acids is 1. The lowest BCUT2D eigenvalue weighted by molar-refractivity contribution is 0.0526. The second-order valence-electron chi connectivity index (χ2n) is 5.78. The molecule has 3 aromatic rings. The van der Waals surface area contributed by atoms with E-state index in [1.807, 2.05) is 24.3 Å². The summed E-state index contributed by atoms with van der Waals surface area (Å²) in [6.45, 7) is 4.09. The van der Waals surface area contributed by atoms with Gasteiger partial charge in [-0.2, -0.15) is 9.61 Å². The van der Waals surface area contributed by atoms with Crippen LogP contribution in [0.4, 0.5) is 5.82 Å². The van der Waals surface area contributed by atoms with Gasteiger partial charge in [0.1, 0.15) is 17.1 Å². The maximum atomic E-state index is 12.1. The van der Waals surface area contributed by atoms with Crippen molar-refractivity contribution in [1.82, 2.24) is 14.6 Å². The number of hydrogen-bond acceptors (Lipinski definition) is 6. The summed E-state index contributed by atoms with van der Waals surface area (Å²) in [5.74, 6) is 0.437. The predicted molar refractivity (Wildman–Crippen MR) is 99.3 cm³/mol. The Bertz CT molecular complexity index is 949. The van der Waals surface area contributed by atoms with Crippen molar-refractivity contribution in [2.75, 3.05) is 19.5 Å². The molecule has 0 amide bonds. The summed E-state index contributed by atoms with van der Waals surface area (Å²) in [5, 5.41) is 4.62. The summed E-state index contributed by atoms with van der Waals surface area (Å²) in [4.78, 5) is 16.6. The molecular weight excluding hydrogens is 332 g/mol. The zero-order chi connectivity index (χ0) is 18.7. The highest BCUT2D eigenvalue weighted by Crippen LogP contribution is 2.36. The molecule has 3 rings (SSSR count). The number of carbonyl (C=O) groups is 1. The van der Waals surface area contributed by atoms with Crippen molar-refractivity contribution < 1.29 is 14.3 Å². The van der Waals surface area contributed by atoms with Crippen LogP contribution in [-0.2, 0) is 11.2 Å². The lowest BCUT2D eigenvalue weighted by Gasteiger charge is -2.09. The molecule has 7 heteroatoms. The molecule has 0 radical (unpaired) electrons. The van der Waals surface area contributed by atoms with Gasteiger partial charge in [0.15, 0.2) is 5.65 Å². The number of benzene rings is 1. The molecule has 0 saturated heterocycles. The third-order valence-corrected chi connectivity index (χ3v) is 4.11. The van der Waals surface area contributed by atoms with Gasteiger partial charge in [-0.05, 0) is 19.4 Å². The summed E-state index contributed by atoms with van der Waals surface area (Å²) in [6.07, 6.45) is 3.11. The molecule has 1 aromatic carbocycles. The fourth-order valence-corrected chi connectivity index (χ4v) is 2.95. The molecule has 26 heavy (non-hydrogen) atoms. The lowest BCUT2D eigenvalue weighted by Crippen LogP contribution is -2.12. The largest absolute Gasteiger partial charge is 0.496 e. The van der Waals surface area contributed by atoms with Crippen molar-refractivity contribution in [3.05, 3.63) is 41.7 Å². The minimum absolute atomic E-state index is 0.205. The Morgan fingerprint density at radius 2 is 2.04 bits per heavy atom. The van der Waals surface area contributed by atoms with E-state index in [1.165, 1.54) is 10.7 Å². The molecule has 0 aliphatic rings. The molecule has 2 aromatic heterocycles. The van der Waals surface area contributed by atoms with E-state index in [-0.39, 0.29) is 18.0 Å². The topological polar surface area (TPSA) is 91.7 Å². The molecule has 0 spiro atoms. The maximum absolute atomic E-state index is 12.1. The second kappa shape index (κ2) is 7.43. The van der Waals surface area contributed by atoms with Crippen LogP contribution < -0.4 is 10.5 Å². The van der Waals surface area contributed by atoms with Crippen molar-refractivity contribution in [3.8, 4) is 16.9 Å². The van der Waals surface area contributed by atoms with Gasteiger partial charge in [0, 0.05) is 11.8 Å². The molecule has 0 bridgehead atoms. The standard InChI is InChI=1S/C19H22N4O3/c1-4-8-14-16(12-9-6-7-10-15(12)25-3)18-21-11-13(19(24)26-5-2)17(20)23(18)22-14/h6-7,9-11H,4-5,8,20H2,1-3H3. The molecule has 0 atom stereocenters. The Balaban J connectivity index is 2.27. The zero-order valence-electron chi connectivity index (χ0n) is 15.2. The minimum Gasteiger partial charge on any atom is -0.496 e. The molecule has 7 nitrogen and oxygen atoms in total. The summed E-state index contributed by atoms with van der Waals surface area (Å²) in [7, 11) is 1.63. The van der Waals surface area contributed by atoms with Crippen LogP contribution in [-0.4, -0.2) is 34.3 Å². The molecule has 136 valence electrons. The van der Waals surface area contributed by atoms with E-state index in [0.29, 0.717) is 5.65 Å². The van der Waals surface area contributed by atoms with Gasteiger partial charge >= 0.3 is 5.97 Å². The van der Waals surface area contributed by atoms with Crippen LogP contribution in [0, 0.1) is 0 Å². The van der Waals surface area contributed by atoms with Crippen molar-refractivity contribution in [2.24, 2.45) is 0 Å². The van der Waals surface area contributed by atoms with E-state index >= 15 is 0 Å². The van der Waals surface area contributed by atoms with Crippen LogP contribution in [0.25, 0.3) is 16.8 Å². The van der Waals surface area contributed by atoms with Gasteiger partial charge in [-0.1, -0.05) is 31.5 Å². The van der Waals surface area contributed by atoms with Gasteiger partial charge in [-0.3, -0.25) is 0 Å². The van der Waals surface area contributed by atoms with Gasteiger partial charge in [-0.25, -0.2) is 9.78 Å². The number of nitrogens with two attached hydrogens (primary N) is 1. The number of fused-ring (bicyclic) bond motifs is 1. The summed E-state index contributed by atoms with van der Waals surface area (Å²) < 4.78 is 12.1. The van der Waals surface area contributed by atoms with E-state index in [0.717, 1.165) is 35.4 Å². The first kappa shape index (κ1) is 17.7. The van der Waals surface area contributed by atoms with E-state index in [1.54, 1.807) is 14.0 Å². The van der Waals surface area contributed by atoms with Gasteiger partial charge in [0.25, 0.3) is 0 Å². The summed E-state index contributed by atoms with van der Waals surface area (Å²) in [5.41, 5.74) is 9.62. The lowest BCUT2D eigenvalue weighted by atomic mass is 10.0. The Hall–Kier alpha value is -3.09. The molecule has 0 unspecified atom stereocenters. The average Bonchev–Trinajstić information content (AvgIpc) is 3.01. The van der Waals surface area contributed by atoms with Crippen LogP contribution in [0.2, 0.25) is 0 Å². The van der Waals surface area contributed by atoms with E-state index in [2.05, 4.69) is 17.0 Å². The number of hydrogen-bond donors (Lipinski definition) is 1. The van der Waals surface area contributed by atoms with Crippen LogP contribution in [0.1, 0.15) is 36.3 Å². The summed E-state index contributed by atoms with van der Waals surface area (Å²) in [6, 6.07) is 7.71. The van der Waals surface area contributed by atoms with Gasteiger partial charge in [-0.15, -0.1) is 0 Å². The van der Waals surface area contributed by atoms with Crippen LogP contribution in [0.5, 0.6) is 5.75 Å². The minimum atomic E-state index is -0.509. The molecule has 2 heterocycles. The number of rotatable bonds is 6. The average molecular weight is 354 g/mol. The number of esters is 1. The van der Waals surface area contributed by atoms with Crippen molar-refractivity contribution >= 4 is 17.4 Å². The SMILES string of the molecule is CCCc1nn2c(N)c(C(=O)OCC)cnc2c1-c1ccccc1OC. The number of para-hydroxylation sites is 1. The van der Waals surface area contributed by atoms with Crippen LogP contribution in [0.3, 0.4) is 0 Å². The first-order valence-electron chi connectivity index (χ1n) is 8.58. The molecule has 0 fully saturated rings. The van der Waals surface area contributed by atoms with Crippen molar-refractivity contribution in [1.29, 1.82) is 0 Å². The highest BCUT2D eigenvalue weighted by atomic mass is 16.5. The van der Waals surface area contributed by atoms with Crippen LogP contribution in [0.15, 0.2) is 30.5 Å². The Morgan fingerprint density at radius 3 is 2.73 bits per heavy atom.